The summed E-state index contributed by atoms with van der Waals surface area (Å²) >= 11 is 0. The molecule has 0 aromatic heterocycles. The van der Waals surface area contributed by atoms with Crippen LogP contribution in [-0.4, -0.2) is 18.6 Å². The summed E-state index contributed by atoms with van der Waals surface area (Å²) in [5.74, 6) is 0.776. The van der Waals surface area contributed by atoms with Crippen LogP contribution in [-0.2, 0) is 4.79 Å². The lowest BCUT2D eigenvalue weighted by molar-refractivity contribution is -0.123. The van der Waals surface area contributed by atoms with E-state index in [-0.39, 0.29) is 5.91 Å². The molecule has 20 heavy (non-hydrogen) atoms. The topological polar surface area (TPSA) is 64.3 Å². The van der Waals surface area contributed by atoms with E-state index in [4.69, 9.17) is 10.5 Å². The highest BCUT2D eigenvalue weighted by molar-refractivity contribution is 5.88. The average Bonchev–Trinajstić information content (AvgIpc) is 2.48. The number of benzene rings is 1. The number of carbonyl (C=O) groups excluding carboxylic acids is 1. The number of primary amides is 1. The molecule has 0 radical (unpaired) electrons. The van der Waals surface area contributed by atoms with E-state index >= 15 is 0 Å². The van der Waals surface area contributed by atoms with E-state index in [2.05, 4.69) is 5.32 Å². The van der Waals surface area contributed by atoms with E-state index in [1.807, 2.05) is 31.2 Å². The lowest BCUT2D eigenvalue weighted by Gasteiger charge is -2.38. The molecule has 0 saturated heterocycles. The lowest BCUT2D eigenvalue weighted by atomic mass is 9.75. The third-order valence-corrected chi connectivity index (χ3v) is 4.41. The van der Waals surface area contributed by atoms with E-state index in [1.165, 1.54) is 19.3 Å². The van der Waals surface area contributed by atoms with Crippen LogP contribution in [0, 0.1) is 5.92 Å². The summed E-state index contributed by atoms with van der Waals surface area (Å²) in [5.41, 5.74) is 5.86. The molecule has 1 amide bonds. The first kappa shape index (κ1) is 14.7. The number of methoxy groups -OCH3 is 1. The zero-order valence-electron chi connectivity index (χ0n) is 12.3. The maximum Gasteiger partial charge on any atom is 0.243 e. The number of anilines is 1. The van der Waals surface area contributed by atoms with Gasteiger partial charge < -0.3 is 15.8 Å². The molecule has 1 saturated carbocycles. The molecule has 1 aliphatic rings. The van der Waals surface area contributed by atoms with Crippen molar-refractivity contribution < 1.29 is 9.53 Å². The summed E-state index contributed by atoms with van der Waals surface area (Å²) in [6.07, 6.45) is 5.71. The number of amides is 1. The van der Waals surface area contributed by atoms with Crippen LogP contribution in [0.15, 0.2) is 24.3 Å². The zero-order valence-corrected chi connectivity index (χ0v) is 12.3. The van der Waals surface area contributed by atoms with Crippen molar-refractivity contribution in [2.45, 2.75) is 44.6 Å². The van der Waals surface area contributed by atoms with Crippen LogP contribution in [0.5, 0.6) is 5.75 Å². The van der Waals surface area contributed by atoms with Gasteiger partial charge in [0.15, 0.2) is 0 Å². The Hall–Kier alpha value is -1.71. The first-order chi connectivity index (χ1) is 9.56. The fourth-order valence-electron chi connectivity index (χ4n) is 3.05. The van der Waals surface area contributed by atoms with Gasteiger partial charge in [-0.3, -0.25) is 4.79 Å². The Bertz CT molecular complexity index is 469. The molecule has 0 heterocycles. The Balaban J connectivity index is 2.21. The van der Waals surface area contributed by atoms with Crippen LogP contribution in [0.1, 0.15) is 39.0 Å². The molecule has 0 bridgehead atoms. The number of ether oxygens (including phenoxy) is 1. The minimum absolute atomic E-state index is 0.285. The van der Waals surface area contributed by atoms with E-state index < -0.39 is 5.54 Å². The predicted octanol–water partition coefficient (Wildman–Crippen LogP) is 2.93. The van der Waals surface area contributed by atoms with Crippen molar-refractivity contribution in [3.05, 3.63) is 24.3 Å². The van der Waals surface area contributed by atoms with Crippen molar-refractivity contribution in [2.24, 2.45) is 11.7 Å². The second kappa shape index (κ2) is 6.16. The second-order valence-corrected chi connectivity index (χ2v) is 5.76. The lowest BCUT2D eigenvalue weighted by Crippen LogP contribution is -2.54. The van der Waals surface area contributed by atoms with Gasteiger partial charge in [-0.25, -0.2) is 0 Å². The zero-order chi connectivity index (χ0) is 14.6. The van der Waals surface area contributed by atoms with Crippen LogP contribution in [0.4, 0.5) is 5.69 Å². The Kier molecular flexibility index (Phi) is 4.53. The summed E-state index contributed by atoms with van der Waals surface area (Å²) < 4.78 is 5.22. The molecule has 1 aromatic carbocycles. The van der Waals surface area contributed by atoms with Crippen LogP contribution in [0.25, 0.3) is 0 Å². The van der Waals surface area contributed by atoms with Gasteiger partial charge in [-0.1, -0.05) is 25.3 Å². The monoisotopic (exact) mass is 276 g/mol. The van der Waals surface area contributed by atoms with E-state index in [1.54, 1.807) is 7.11 Å². The second-order valence-electron chi connectivity index (χ2n) is 5.76. The van der Waals surface area contributed by atoms with Crippen molar-refractivity contribution in [2.75, 3.05) is 12.4 Å². The number of carbonyl (C=O) groups is 1. The molecule has 2 rings (SSSR count). The van der Waals surface area contributed by atoms with Crippen molar-refractivity contribution in [1.82, 2.24) is 0 Å². The highest BCUT2D eigenvalue weighted by atomic mass is 16.5. The van der Waals surface area contributed by atoms with Crippen LogP contribution >= 0.6 is 0 Å². The third-order valence-electron chi connectivity index (χ3n) is 4.41. The summed E-state index contributed by atoms with van der Waals surface area (Å²) in [6, 6.07) is 7.62. The van der Waals surface area contributed by atoms with Crippen molar-refractivity contribution >= 4 is 11.6 Å². The fourth-order valence-corrected chi connectivity index (χ4v) is 3.05. The molecular formula is C16H24N2O2. The molecule has 1 atom stereocenters. The SMILES string of the molecule is COc1cccc(NC(C)(C(N)=O)C2CCCCC2)c1. The van der Waals surface area contributed by atoms with Crippen LogP contribution < -0.4 is 15.8 Å². The Morgan fingerprint density at radius 3 is 2.65 bits per heavy atom. The normalized spacial score (nSPS) is 19.1. The van der Waals surface area contributed by atoms with Crippen LogP contribution in [0.3, 0.4) is 0 Å². The van der Waals surface area contributed by atoms with Gasteiger partial charge >= 0.3 is 0 Å². The van der Waals surface area contributed by atoms with Gasteiger partial charge in [-0.2, -0.15) is 0 Å². The quantitative estimate of drug-likeness (QED) is 0.869. The van der Waals surface area contributed by atoms with Crippen molar-refractivity contribution in [3.63, 3.8) is 0 Å². The molecule has 0 spiro atoms. The van der Waals surface area contributed by atoms with E-state index in [0.29, 0.717) is 5.92 Å². The number of hydrogen-bond acceptors (Lipinski definition) is 3. The van der Waals surface area contributed by atoms with Gasteiger partial charge in [-0.05, 0) is 37.8 Å². The average molecular weight is 276 g/mol. The number of rotatable bonds is 5. The number of nitrogens with one attached hydrogen (secondary N) is 1. The molecule has 1 aliphatic carbocycles. The molecule has 110 valence electrons. The third kappa shape index (κ3) is 3.06. The molecule has 1 fully saturated rings. The Morgan fingerprint density at radius 2 is 2.05 bits per heavy atom. The minimum Gasteiger partial charge on any atom is -0.497 e. The smallest absolute Gasteiger partial charge is 0.243 e. The van der Waals surface area contributed by atoms with E-state index in [0.717, 1.165) is 24.3 Å². The van der Waals surface area contributed by atoms with Crippen LogP contribution in [0.2, 0.25) is 0 Å². The fraction of sp³-hybridized carbons (Fsp3) is 0.562. The maximum absolute atomic E-state index is 12.0. The molecule has 4 nitrogen and oxygen atoms in total. The minimum atomic E-state index is -0.702. The van der Waals surface area contributed by atoms with Gasteiger partial charge in [0.1, 0.15) is 11.3 Å². The molecule has 4 heteroatoms. The maximum atomic E-state index is 12.0. The number of hydrogen-bond donors (Lipinski definition) is 2. The van der Waals surface area contributed by atoms with Crippen molar-refractivity contribution in [3.8, 4) is 5.75 Å². The number of nitrogens with two attached hydrogens (primary N) is 1. The summed E-state index contributed by atoms with van der Waals surface area (Å²) in [7, 11) is 1.63. The highest BCUT2D eigenvalue weighted by Gasteiger charge is 2.40. The largest absolute Gasteiger partial charge is 0.497 e. The molecule has 3 N–H and O–H groups in total. The molecule has 1 unspecified atom stereocenters. The van der Waals surface area contributed by atoms with Gasteiger partial charge in [0.25, 0.3) is 0 Å². The molecule has 0 aliphatic heterocycles. The van der Waals surface area contributed by atoms with Crippen molar-refractivity contribution in [1.29, 1.82) is 0 Å². The van der Waals surface area contributed by atoms with Gasteiger partial charge in [0, 0.05) is 11.8 Å². The summed E-state index contributed by atoms with van der Waals surface area (Å²) in [5, 5.41) is 3.34. The summed E-state index contributed by atoms with van der Waals surface area (Å²) in [4.78, 5) is 12.0. The van der Waals surface area contributed by atoms with Gasteiger partial charge in [0.2, 0.25) is 5.91 Å². The standard InChI is InChI=1S/C16H24N2O2/c1-16(15(17)19,12-7-4-3-5-8-12)18-13-9-6-10-14(11-13)20-2/h6,9-12,18H,3-5,7-8H2,1-2H3,(H2,17,19). The highest BCUT2D eigenvalue weighted by Crippen LogP contribution is 2.35. The Labute approximate surface area is 120 Å². The first-order valence-corrected chi connectivity index (χ1v) is 7.28. The first-order valence-electron chi connectivity index (χ1n) is 7.28. The Morgan fingerprint density at radius 1 is 1.35 bits per heavy atom. The predicted molar refractivity (Wildman–Crippen MR) is 80.8 cm³/mol. The van der Waals surface area contributed by atoms with Gasteiger partial charge in [-0.15, -0.1) is 0 Å². The molecule has 1 aromatic rings. The summed E-state index contributed by atoms with van der Waals surface area (Å²) in [6.45, 7) is 1.92. The van der Waals surface area contributed by atoms with E-state index in [9.17, 15) is 4.79 Å². The van der Waals surface area contributed by atoms with Gasteiger partial charge in [0.05, 0.1) is 7.11 Å². The molecular weight excluding hydrogens is 252 g/mol.